The van der Waals surface area contributed by atoms with E-state index in [9.17, 15) is 9.59 Å². The van der Waals surface area contributed by atoms with Crippen molar-refractivity contribution in [2.24, 2.45) is 0 Å². The summed E-state index contributed by atoms with van der Waals surface area (Å²) >= 11 is 4.85. The Morgan fingerprint density at radius 2 is 2.04 bits per heavy atom. The standard InChI is InChI=1S/C18H24BrNO3S/c1-12-10-14(19)8-9-16(12)24-11-17(21)23-13(2)18(22)20-15-6-4-3-5-7-15/h8-10,13,15H,3-7,11H2,1-2H3,(H,20,22)/t13-/m0/s1. The lowest BCUT2D eigenvalue weighted by Gasteiger charge is -2.24. The maximum atomic E-state index is 12.1. The zero-order valence-corrected chi connectivity index (χ0v) is 16.5. The fourth-order valence-electron chi connectivity index (χ4n) is 2.76. The number of carbonyl (C=O) groups is 2. The molecular weight excluding hydrogens is 390 g/mol. The zero-order valence-electron chi connectivity index (χ0n) is 14.1. The first-order chi connectivity index (χ1) is 11.5. The van der Waals surface area contributed by atoms with E-state index in [1.54, 1.807) is 6.92 Å². The van der Waals surface area contributed by atoms with Gasteiger partial charge in [-0.05, 0) is 50.5 Å². The summed E-state index contributed by atoms with van der Waals surface area (Å²) in [6.45, 7) is 3.63. The SMILES string of the molecule is Cc1cc(Br)ccc1SCC(=O)O[C@@H](C)C(=O)NC1CCCCC1. The van der Waals surface area contributed by atoms with Crippen LogP contribution in [0.25, 0.3) is 0 Å². The van der Waals surface area contributed by atoms with E-state index in [-0.39, 0.29) is 23.7 Å². The highest BCUT2D eigenvalue weighted by molar-refractivity contribution is 9.10. The lowest BCUT2D eigenvalue weighted by atomic mass is 9.95. The number of nitrogens with one attached hydrogen (secondary N) is 1. The van der Waals surface area contributed by atoms with E-state index in [4.69, 9.17) is 4.74 Å². The smallest absolute Gasteiger partial charge is 0.317 e. The number of ether oxygens (including phenoxy) is 1. The number of esters is 1. The Hall–Kier alpha value is -1.01. The van der Waals surface area contributed by atoms with Crippen molar-refractivity contribution in [3.8, 4) is 0 Å². The van der Waals surface area contributed by atoms with Gasteiger partial charge >= 0.3 is 5.97 Å². The Morgan fingerprint density at radius 3 is 2.71 bits per heavy atom. The largest absolute Gasteiger partial charge is 0.452 e. The van der Waals surface area contributed by atoms with Crippen molar-refractivity contribution in [2.75, 3.05) is 5.75 Å². The first-order valence-corrected chi connectivity index (χ1v) is 10.1. The molecule has 2 rings (SSSR count). The monoisotopic (exact) mass is 413 g/mol. The number of halogens is 1. The van der Waals surface area contributed by atoms with Gasteiger partial charge in [-0.15, -0.1) is 11.8 Å². The van der Waals surface area contributed by atoms with Gasteiger partial charge in [-0.1, -0.05) is 35.2 Å². The highest BCUT2D eigenvalue weighted by atomic mass is 79.9. The molecule has 0 saturated heterocycles. The highest BCUT2D eigenvalue weighted by Gasteiger charge is 2.22. The van der Waals surface area contributed by atoms with Crippen LogP contribution >= 0.6 is 27.7 Å². The number of hydrogen-bond acceptors (Lipinski definition) is 4. The molecule has 0 heterocycles. The van der Waals surface area contributed by atoms with Crippen LogP contribution in [-0.2, 0) is 14.3 Å². The topological polar surface area (TPSA) is 55.4 Å². The molecule has 0 aromatic heterocycles. The van der Waals surface area contributed by atoms with Crippen molar-refractivity contribution < 1.29 is 14.3 Å². The van der Waals surface area contributed by atoms with Crippen molar-refractivity contribution >= 4 is 39.6 Å². The third-order valence-corrected chi connectivity index (χ3v) is 5.75. The van der Waals surface area contributed by atoms with Gasteiger partial charge in [0.2, 0.25) is 0 Å². The van der Waals surface area contributed by atoms with E-state index in [1.807, 2.05) is 25.1 Å². The van der Waals surface area contributed by atoms with Crippen LogP contribution in [0, 0.1) is 6.92 Å². The molecule has 0 bridgehead atoms. The average Bonchev–Trinajstić information content (AvgIpc) is 2.55. The van der Waals surface area contributed by atoms with Gasteiger partial charge < -0.3 is 10.1 Å². The molecule has 1 fully saturated rings. The molecule has 1 aromatic carbocycles. The minimum Gasteiger partial charge on any atom is -0.452 e. The second kappa shape index (κ2) is 9.47. The van der Waals surface area contributed by atoms with Crippen LogP contribution in [-0.4, -0.2) is 29.8 Å². The molecule has 1 aliphatic carbocycles. The predicted molar refractivity (Wildman–Crippen MR) is 100 cm³/mol. The number of thioether (sulfide) groups is 1. The highest BCUT2D eigenvalue weighted by Crippen LogP contribution is 2.25. The maximum Gasteiger partial charge on any atom is 0.317 e. The summed E-state index contributed by atoms with van der Waals surface area (Å²) in [6, 6.07) is 6.15. The molecule has 24 heavy (non-hydrogen) atoms. The molecule has 0 radical (unpaired) electrons. The molecule has 0 unspecified atom stereocenters. The number of amides is 1. The minimum absolute atomic E-state index is 0.194. The van der Waals surface area contributed by atoms with Gasteiger partial charge in [0.1, 0.15) is 0 Å². The summed E-state index contributed by atoms with van der Waals surface area (Å²) in [6.07, 6.45) is 4.84. The van der Waals surface area contributed by atoms with Gasteiger partial charge in [-0.3, -0.25) is 9.59 Å². The summed E-state index contributed by atoms with van der Waals surface area (Å²) in [7, 11) is 0. The summed E-state index contributed by atoms with van der Waals surface area (Å²) in [4.78, 5) is 25.1. The Kier molecular flexibility index (Phi) is 7.62. The van der Waals surface area contributed by atoms with E-state index in [0.29, 0.717) is 0 Å². The maximum absolute atomic E-state index is 12.1. The molecule has 1 N–H and O–H groups in total. The number of benzene rings is 1. The molecule has 1 amide bonds. The normalized spacial score (nSPS) is 16.5. The fraction of sp³-hybridized carbons (Fsp3) is 0.556. The Bertz CT molecular complexity index is 588. The molecular formula is C18H24BrNO3S. The third-order valence-electron chi connectivity index (χ3n) is 4.11. The summed E-state index contributed by atoms with van der Waals surface area (Å²) in [5.74, 6) is -0.363. The summed E-state index contributed by atoms with van der Waals surface area (Å²) < 4.78 is 6.27. The lowest BCUT2D eigenvalue weighted by molar-refractivity contribution is -0.152. The van der Waals surface area contributed by atoms with Gasteiger partial charge in [-0.25, -0.2) is 0 Å². The zero-order chi connectivity index (χ0) is 17.5. The van der Waals surface area contributed by atoms with Crippen LogP contribution in [0.1, 0.15) is 44.6 Å². The second-order valence-corrected chi connectivity index (χ2v) is 8.11. The molecule has 6 heteroatoms. The molecule has 1 aliphatic rings. The Labute approximate surface area is 156 Å². The van der Waals surface area contributed by atoms with Crippen molar-refractivity contribution in [1.29, 1.82) is 0 Å². The van der Waals surface area contributed by atoms with Crippen LogP contribution < -0.4 is 5.32 Å². The van der Waals surface area contributed by atoms with Crippen LogP contribution in [0.5, 0.6) is 0 Å². The molecule has 132 valence electrons. The van der Waals surface area contributed by atoms with Crippen LogP contribution in [0.2, 0.25) is 0 Å². The number of hydrogen-bond donors (Lipinski definition) is 1. The number of rotatable bonds is 6. The molecule has 1 aromatic rings. The predicted octanol–water partition coefficient (Wildman–Crippen LogP) is 4.23. The quantitative estimate of drug-likeness (QED) is 0.559. The second-order valence-electron chi connectivity index (χ2n) is 6.17. The first-order valence-electron chi connectivity index (χ1n) is 8.34. The third kappa shape index (κ3) is 6.13. The van der Waals surface area contributed by atoms with E-state index < -0.39 is 6.10 Å². The van der Waals surface area contributed by atoms with E-state index in [1.165, 1.54) is 18.2 Å². The molecule has 1 atom stereocenters. The number of carbonyl (C=O) groups excluding carboxylic acids is 2. The first kappa shape index (κ1) is 19.3. The molecule has 4 nitrogen and oxygen atoms in total. The Balaban J connectivity index is 1.75. The summed E-state index contributed by atoms with van der Waals surface area (Å²) in [5, 5.41) is 2.98. The van der Waals surface area contributed by atoms with Gasteiger partial charge in [-0.2, -0.15) is 0 Å². The Morgan fingerprint density at radius 1 is 1.33 bits per heavy atom. The van der Waals surface area contributed by atoms with Crippen LogP contribution in [0.4, 0.5) is 0 Å². The van der Waals surface area contributed by atoms with Gasteiger partial charge in [0.15, 0.2) is 6.10 Å². The van der Waals surface area contributed by atoms with Gasteiger partial charge in [0.25, 0.3) is 5.91 Å². The molecule has 1 saturated carbocycles. The van der Waals surface area contributed by atoms with Crippen molar-refractivity contribution in [3.05, 3.63) is 28.2 Å². The van der Waals surface area contributed by atoms with E-state index >= 15 is 0 Å². The fourth-order valence-corrected chi connectivity index (χ4v) is 4.03. The lowest BCUT2D eigenvalue weighted by Crippen LogP contribution is -2.43. The van der Waals surface area contributed by atoms with Crippen molar-refractivity contribution in [3.63, 3.8) is 0 Å². The van der Waals surface area contributed by atoms with Gasteiger partial charge in [0, 0.05) is 15.4 Å². The van der Waals surface area contributed by atoms with Crippen LogP contribution in [0.3, 0.4) is 0 Å². The van der Waals surface area contributed by atoms with Crippen molar-refractivity contribution in [1.82, 2.24) is 5.32 Å². The van der Waals surface area contributed by atoms with E-state index in [0.717, 1.165) is 40.6 Å². The number of aryl methyl sites for hydroxylation is 1. The minimum atomic E-state index is -0.744. The van der Waals surface area contributed by atoms with Gasteiger partial charge in [0.05, 0.1) is 5.75 Å². The summed E-state index contributed by atoms with van der Waals surface area (Å²) in [5.41, 5.74) is 1.10. The molecule has 0 aliphatic heterocycles. The van der Waals surface area contributed by atoms with Crippen molar-refractivity contribution in [2.45, 2.75) is 63.0 Å². The van der Waals surface area contributed by atoms with E-state index in [2.05, 4.69) is 21.2 Å². The average molecular weight is 414 g/mol. The molecule has 0 spiro atoms. The van der Waals surface area contributed by atoms with Crippen LogP contribution in [0.15, 0.2) is 27.6 Å².